The molecule has 4 amide bonds. The number of aromatic nitrogens is 1. The standard InChI is InChI=1S/C34H35Cl2FN2O4.C27H34FNO4.C25H18Cl2FN3O5.C24H30FNO4/c35-25-15-24(16-26(36)17-25)32(23-5-2-1-3-6-23)38-13-10-21(11-14-38)20-43-31-19-29(37)28(18-27(31)22-8-9-22)33(40)39-12-4-7-30(39)34(41)42;28-22-11-24(33-15-27-12-16-7-17(13-27)9-18(8-16)14-27)20(19-3-1-4-19)10-21(22)25(30)29-6-2-5-23(29)26(31)32;26-13-4-6-20(14(9-13)12-3-5-21-16(8-12)23(29)30-36-21)35-22-11-18(28)15(10-17(22)27)24(32)31-7-1-2-19(31)25(33)34;1-14-5-18(22(27)26-4-2-3-20(26)23(28)29)19(25)9-21(14)30-13-24-10-15-6-16(11-24)8-17(7-15)12-24/h1-3,5-6,15-19,21-22,30,32H,4,7-14,20H2,(H,41,42);10-11,16-19,23H,1-9,12-15H2,(H,31,32);3-6,8-11,19H,1-2,7H2,(H2,29,30)(H,33,34);5,9,15-17,20H,2-4,6-8,10-13H2,1H3,(H,28,29)/t30-,32?;16?,17?,18?,23-,27?;19-;15?,16?,17?,20-,24?/m0000/s1. The van der Waals surface area contributed by atoms with Crippen molar-refractivity contribution >= 4 is 111 Å². The molecular weight excluding hydrogens is 1910 g/mol. The van der Waals surface area contributed by atoms with Crippen LogP contribution in [0.3, 0.4) is 0 Å². The number of carboxylic acids is 4. The van der Waals surface area contributed by atoms with Crippen molar-refractivity contribution in [2.45, 2.75) is 222 Å². The minimum absolute atomic E-state index is 0.00722. The third-order valence-corrected chi connectivity index (χ3v) is 33.3. The molecule has 5 aliphatic heterocycles. The van der Waals surface area contributed by atoms with Gasteiger partial charge in [-0.3, -0.25) is 24.1 Å². The summed E-state index contributed by atoms with van der Waals surface area (Å²) < 4.78 is 90.5. The van der Waals surface area contributed by atoms with E-state index >= 15 is 13.2 Å². The lowest BCUT2D eigenvalue weighted by Crippen LogP contribution is -2.48. The van der Waals surface area contributed by atoms with Gasteiger partial charge in [-0.2, -0.15) is 0 Å². The first-order chi connectivity index (χ1) is 68.2. The van der Waals surface area contributed by atoms with Gasteiger partial charge in [0.05, 0.1) is 58.5 Å². The molecule has 6 N–H and O–H groups in total. The second kappa shape index (κ2) is 41.9. The van der Waals surface area contributed by atoms with E-state index in [-0.39, 0.29) is 74.1 Å². The zero-order valence-corrected chi connectivity index (χ0v) is 82.1. The van der Waals surface area contributed by atoms with Gasteiger partial charge in [-0.1, -0.05) is 94.4 Å². The number of carbonyl (C=O) groups excluding carboxylic acids is 4. The number of aliphatic carboxylic acids is 4. The molecule has 8 bridgehead atoms. The van der Waals surface area contributed by atoms with Crippen molar-refractivity contribution in [3.8, 4) is 39.9 Å². The van der Waals surface area contributed by atoms with Gasteiger partial charge < -0.3 is 69.2 Å². The number of likely N-dealkylation sites (tertiary alicyclic amines) is 5. The highest BCUT2D eigenvalue weighted by Gasteiger charge is 2.54. The van der Waals surface area contributed by atoms with E-state index in [1.165, 1.54) is 122 Å². The van der Waals surface area contributed by atoms with Crippen LogP contribution in [0.2, 0.25) is 20.1 Å². The molecule has 1 aromatic heterocycles. The van der Waals surface area contributed by atoms with Crippen LogP contribution < -0.4 is 24.7 Å². The van der Waals surface area contributed by atoms with Crippen LogP contribution in [0.1, 0.15) is 260 Å². The van der Waals surface area contributed by atoms with Crippen LogP contribution in [0.4, 0.5) is 23.4 Å². The summed E-state index contributed by atoms with van der Waals surface area (Å²) in [4.78, 5) is 106. The first-order valence-electron chi connectivity index (χ1n) is 50.1. The molecule has 10 saturated carbocycles. The average Bonchev–Trinajstić information content (AvgIpc) is 0.978. The van der Waals surface area contributed by atoms with Crippen LogP contribution in [-0.4, -0.2) is 181 Å². The number of benzene rings is 8. The molecule has 9 aromatic rings. The van der Waals surface area contributed by atoms with Gasteiger partial charge in [0.15, 0.2) is 11.4 Å². The summed E-state index contributed by atoms with van der Waals surface area (Å²) in [6.45, 7) is 6.52. The smallest absolute Gasteiger partial charge is 0.326 e. The molecule has 142 heavy (non-hydrogen) atoms. The number of nitrogens with zero attached hydrogens (tertiary/aromatic N) is 6. The highest BCUT2D eigenvalue weighted by Crippen LogP contribution is 2.62. The van der Waals surface area contributed by atoms with E-state index in [2.05, 4.69) is 22.2 Å². The van der Waals surface area contributed by atoms with Crippen LogP contribution in [0, 0.1) is 82.4 Å². The molecule has 10 aliphatic carbocycles. The lowest BCUT2D eigenvalue weighted by atomic mass is 9.50. The van der Waals surface area contributed by atoms with E-state index in [0.717, 1.165) is 133 Å². The van der Waals surface area contributed by atoms with Crippen LogP contribution >= 0.6 is 46.4 Å². The number of anilines is 1. The number of carbonyl (C=O) groups is 8. The molecule has 0 radical (unpaired) electrons. The zero-order valence-electron chi connectivity index (χ0n) is 79.1. The number of nitrogens with two attached hydrogens (primary N) is 1. The van der Waals surface area contributed by atoms with E-state index < -0.39 is 94.9 Å². The highest BCUT2D eigenvalue weighted by atomic mass is 35.5. The van der Waals surface area contributed by atoms with Crippen LogP contribution in [0.15, 0.2) is 138 Å². The summed E-state index contributed by atoms with van der Waals surface area (Å²) in [7, 11) is 0. The number of nitrogen functional groups attached to an aromatic ring is 1. The molecule has 6 heterocycles. The topological polar surface area (TPSA) is 323 Å². The van der Waals surface area contributed by atoms with Crippen LogP contribution in [0.5, 0.6) is 28.7 Å². The molecular formula is C110H117Cl4F4N7O17. The second-order valence-corrected chi connectivity index (χ2v) is 43.9. The van der Waals surface area contributed by atoms with Crippen molar-refractivity contribution in [3.05, 3.63) is 227 Å². The number of rotatable bonds is 25. The first-order valence-corrected chi connectivity index (χ1v) is 51.6. The largest absolute Gasteiger partial charge is 0.493 e. The fourth-order valence-corrected chi connectivity index (χ4v) is 26.9. The van der Waals surface area contributed by atoms with Gasteiger partial charge in [0.1, 0.15) is 76.2 Å². The van der Waals surface area contributed by atoms with E-state index in [1.54, 1.807) is 54.6 Å². The molecule has 24 nitrogen and oxygen atoms in total. The Labute approximate surface area is 841 Å². The first kappa shape index (κ1) is 99.6. The van der Waals surface area contributed by atoms with E-state index in [1.807, 2.05) is 37.3 Å². The number of halogens is 8. The second-order valence-electron chi connectivity index (χ2n) is 42.2. The Bertz CT molecular complexity index is 6260. The van der Waals surface area contributed by atoms with Gasteiger partial charge in [0, 0.05) is 81.9 Å². The zero-order chi connectivity index (χ0) is 99.4. The van der Waals surface area contributed by atoms with Crippen molar-refractivity contribution in [1.82, 2.24) is 29.7 Å². The van der Waals surface area contributed by atoms with Crippen LogP contribution in [0.25, 0.3) is 22.1 Å². The van der Waals surface area contributed by atoms with Gasteiger partial charge in [-0.05, 0) is 346 Å². The number of carboxylic acid groups (broad SMARTS) is 4. The Kier molecular flexibility index (Phi) is 29.4. The number of aryl methyl sites for hydroxylation is 1. The normalized spacial score (nSPS) is 25.4. The third-order valence-electron chi connectivity index (χ3n) is 32.3. The van der Waals surface area contributed by atoms with E-state index in [4.69, 9.17) is 75.6 Å². The van der Waals surface area contributed by atoms with Crippen molar-refractivity contribution in [1.29, 1.82) is 0 Å². The van der Waals surface area contributed by atoms with Gasteiger partial charge in [-0.15, -0.1) is 0 Å². The molecule has 0 spiro atoms. The number of amides is 4. The van der Waals surface area contributed by atoms with Gasteiger partial charge in [-0.25, -0.2) is 36.7 Å². The molecule has 8 aromatic carbocycles. The number of fused-ring (bicyclic) bond motifs is 1. The minimum atomic E-state index is -1.13. The maximum atomic E-state index is 15.3. The summed E-state index contributed by atoms with van der Waals surface area (Å²) >= 11 is 25.4. The fraction of sp³-hybridized carbons (Fsp3) is 0.482. The Morgan fingerprint density at radius 2 is 0.852 bits per heavy atom. The lowest BCUT2D eigenvalue weighted by molar-refractivity contribution is -0.142. The summed E-state index contributed by atoms with van der Waals surface area (Å²) in [6.07, 6.45) is 26.5. The maximum absolute atomic E-state index is 15.3. The number of hydrogen-bond donors (Lipinski definition) is 5. The Hall–Kier alpha value is -11.2. The van der Waals surface area contributed by atoms with Crippen molar-refractivity contribution in [3.63, 3.8) is 0 Å². The van der Waals surface area contributed by atoms with E-state index in [9.17, 15) is 63.2 Å². The molecule has 5 saturated heterocycles. The Morgan fingerprint density at radius 3 is 1.30 bits per heavy atom. The lowest BCUT2D eigenvalue weighted by Gasteiger charge is -2.56. The predicted molar refractivity (Wildman–Crippen MR) is 526 cm³/mol. The predicted octanol–water partition coefficient (Wildman–Crippen LogP) is 23.4. The van der Waals surface area contributed by atoms with Crippen molar-refractivity contribution in [2.24, 2.45) is 52.3 Å². The molecule has 15 aliphatic rings. The minimum Gasteiger partial charge on any atom is -0.493 e. The number of hydrogen-bond acceptors (Lipinski definition) is 16. The SMILES string of the molecule is Cc1cc(C(=O)N2CCC[C@H]2C(=O)O)c(F)cc1OCC12CC3CC(CC(C3)C1)C2.Nc1noc2ccc(-c3cc(Cl)ccc3Oc3cc(F)c(C(=O)N4CCC[C@H]4C(=O)O)cc3Cl)cc12.O=C(O)[C@@H]1CCCN1C(=O)c1cc(C2CC2)c(OCC2CCN(C(c3ccccc3)c3cc(Cl)cc(Cl)c3)CC2)cc1F.O=C(O)[C@@H]1CCCN1C(=O)c1cc(C2CCC2)c(OCC23CC4CC(CC(C4)C2)C3)cc1F. The third kappa shape index (κ3) is 21.4. The molecule has 24 rings (SSSR count). The molecule has 32 heteroatoms. The Balaban J connectivity index is 0.000000121. The van der Waals surface area contributed by atoms with Gasteiger partial charge in [0.25, 0.3) is 23.6 Å². The van der Waals surface area contributed by atoms with Gasteiger partial charge in [0.2, 0.25) is 0 Å². The highest BCUT2D eigenvalue weighted by molar-refractivity contribution is 6.35. The quantitative estimate of drug-likeness (QED) is 0.0332. The number of ether oxygens (including phenoxy) is 4. The summed E-state index contributed by atoms with van der Waals surface area (Å²) in [6, 6.07) is 33.5. The number of piperidine rings is 1. The van der Waals surface area contributed by atoms with Crippen LogP contribution in [-0.2, 0) is 19.2 Å². The Morgan fingerprint density at radius 1 is 0.430 bits per heavy atom. The average molecular weight is 2030 g/mol. The van der Waals surface area contributed by atoms with Crippen molar-refractivity contribution in [2.75, 3.05) is 64.8 Å². The monoisotopic (exact) mass is 2020 g/mol. The molecule has 5 atom stereocenters. The maximum Gasteiger partial charge on any atom is 0.326 e. The summed E-state index contributed by atoms with van der Waals surface area (Å²) in [5.41, 5.74) is 12.4. The van der Waals surface area contributed by atoms with Crippen molar-refractivity contribution < 1.29 is 99.8 Å². The van der Waals surface area contributed by atoms with Gasteiger partial charge >= 0.3 is 23.9 Å². The van der Waals surface area contributed by atoms with E-state index in [0.29, 0.717) is 157 Å². The molecule has 15 fully saturated rings. The molecule has 750 valence electrons. The summed E-state index contributed by atoms with van der Waals surface area (Å²) in [5, 5.41) is 43.6. The molecule has 1 unspecified atom stereocenters. The summed E-state index contributed by atoms with van der Waals surface area (Å²) in [5.74, 6) is -1.44. The fourth-order valence-electron chi connectivity index (χ4n) is 25.9.